The first kappa shape index (κ1) is 10.5. The molecule has 1 aliphatic rings. The molecule has 1 N–H and O–H groups in total. The molecular weight excluding hydrogens is 192 g/mol. The van der Waals surface area contributed by atoms with Gasteiger partial charge in [-0.3, -0.25) is 9.88 Å². The van der Waals surface area contributed by atoms with E-state index >= 15 is 0 Å². The molecule has 0 amide bonds. The van der Waals surface area contributed by atoms with Gasteiger partial charge in [-0.2, -0.15) is 0 Å². The molecule has 1 aromatic heterocycles. The molecule has 0 spiro atoms. The molecule has 82 valence electrons. The smallest absolute Gasteiger partial charge is 0.0853 e. The fraction of sp³-hybridized carbons (Fsp3) is 0.545. The molecular formula is C11H16N2O2. The highest BCUT2D eigenvalue weighted by atomic mass is 16.5. The van der Waals surface area contributed by atoms with Gasteiger partial charge in [0.25, 0.3) is 0 Å². The third-order valence-electron chi connectivity index (χ3n) is 2.52. The van der Waals surface area contributed by atoms with Gasteiger partial charge in [0.2, 0.25) is 0 Å². The molecule has 0 unspecified atom stereocenters. The Morgan fingerprint density at radius 1 is 1.27 bits per heavy atom. The Balaban J connectivity index is 1.96. The van der Waals surface area contributed by atoms with E-state index in [2.05, 4.69) is 9.88 Å². The van der Waals surface area contributed by atoms with Gasteiger partial charge in [-0.1, -0.05) is 6.07 Å². The van der Waals surface area contributed by atoms with Crippen LogP contribution in [-0.2, 0) is 17.9 Å². The van der Waals surface area contributed by atoms with E-state index in [0.29, 0.717) is 0 Å². The van der Waals surface area contributed by atoms with Crippen molar-refractivity contribution in [3.63, 3.8) is 0 Å². The van der Waals surface area contributed by atoms with Crippen LogP contribution in [0.15, 0.2) is 18.2 Å². The molecule has 1 aromatic rings. The first-order valence-corrected chi connectivity index (χ1v) is 5.24. The second-order valence-electron chi connectivity index (χ2n) is 3.67. The van der Waals surface area contributed by atoms with Crippen LogP contribution in [-0.4, -0.2) is 41.3 Å². The van der Waals surface area contributed by atoms with Crippen molar-refractivity contribution in [2.45, 2.75) is 13.2 Å². The van der Waals surface area contributed by atoms with Crippen molar-refractivity contribution in [3.8, 4) is 0 Å². The van der Waals surface area contributed by atoms with E-state index in [0.717, 1.165) is 44.2 Å². The van der Waals surface area contributed by atoms with Gasteiger partial charge in [0.15, 0.2) is 0 Å². The van der Waals surface area contributed by atoms with Gasteiger partial charge in [0.05, 0.1) is 31.2 Å². The molecule has 15 heavy (non-hydrogen) atoms. The maximum atomic E-state index is 8.97. The van der Waals surface area contributed by atoms with Crippen LogP contribution in [0.1, 0.15) is 11.4 Å². The average molecular weight is 208 g/mol. The number of ether oxygens (including phenoxy) is 1. The third kappa shape index (κ3) is 2.99. The van der Waals surface area contributed by atoms with Gasteiger partial charge in [-0.25, -0.2) is 0 Å². The molecule has 4 heteroatoms. The molecule has 1 aliphatic heterocycles. The van der Waals surface area contributed by atoms with E-state index in [9.17, 15) is 0 Å². The normalized spacial score (nSPS) is 17.9. The molecule has 0 aromatic carbocycles. The standard InChI is InChI=1S/C11H16N2O2/c14-9-11-3-1-2-10(12-11)8-13-4-6-15-7-5-13/h1-3,14H,4-9H2. The van der Waals surface area contributed by atoms with Gasteiger partial charge in [0, 0.05) is 19.6 Å². The lowest BCUT2D eigenvalue weighted by atomic mass is 10.3. The van der Waals surface area contributed by atoms with Crippen molar-refractivity contribution in [3.05, 3.63) is 29.6 Å². The van der Waals surface area contributed by atoms with E-state index in [4.69, 9.17) is 9.84 Å². The molecule has 4 nitrogen and oxygen atoms in total. The monoisotopic (exact) mass is 208 g/mol. The van der Waals surface area contributed by atoms with Crippen molar-refractivity contribution in [2.75, 3.05) is 26.3 Å². The first-order valence-electron chi connectivity index (χ1n) is 5.24. The number of pyridine rings is 1. The van der Waals surface area contributed by atoms with E-state index in [1.165, 1.54) is 0 Å². The minimum absolute atomic E-state index is 0.0109. The summed E-state index contributed by atoms with van der Waals surface area (Å²) in [7, 11) is 0. The summed E-state index contributed by atoms with van der Waals surface area (Å²) in [6, 6.07) is 5.77. The number of hydrogen-bond acceptors (Lipinski definition) is 4. The van der Waals surface area contributed by atoms with Crippen molar-refractivity contribution >= 4 is 0 Å². The summed E-state index contributed by atoms with van der Waals surface area (Å²) in [5.74, 6) is 0. The zero-order valence-electron chi connectivity index (χ0n) is 8.72. The molecule has 1 fully saturated rings. The maximum Gasteiger partial charge on any atom is 0.0853 e. The third-order valence-corrected chi connectivity index (χ3v) is 2.52. The summed E-state index contributed by atoms with van der Waals surface area (Å²) in [5, 5.41) is 8.97. The van der Waals surface area contributed by atoms with Crippen molar-refractivity contribution < 1.29 is 9.84 Å². The minimum Gasteiger partial charge on any atom is -0.390 e. The van der Waals surface area contributed by atoms with E-state index in [1.807, 2.05) is 18.2 Å². The predicted octanol–water partition coefficient (Wildman–Crippen LogP) is 0.406. The average Bonchev–Trinajstić information content (AvgIpc) is 2.31. The summed E-state index contributed by atoms with van der Waals surface area (Å²) in [5.41, 5.74) is 1.75. The summed E-state index contributed by atoms with van der Waals surface area (Å²) >= 11 is 0. The molecule has 0 saturated carbocycles. The minimum atomic E-state index is 0.0109. The van der Waals surface area contributed by atoms with Crippen LogP contribution in [0.25, 0.3) is 0 Å². The van der Waals surface area contributed by atoms with Crippen LogP contribution in [0.2, 0.25) is 0 Å². The number of rotatable bonds is 3. The molecule has 0 atom stereocenters. The Hall–Kier alpha value is -0.970. The Morgan fingerprint density at radius 3 is 2.73 bits per heavy atom. The van der Waals surface area contributed by atoms with Crippen molar-refractivity contribution in [1.82, 2.24) is 9.88 Å². The highest BCUT2D eigenvalue weighted by Crippen LogP contribution is 2.05. The van der Waals surface area contributed by atoms with Gasteiger partial charge in [0.1, 0.15) is 0 Å². The van der Waals surface area contributed by atoms with Gasteiger partial charge < -0.3 is 9.84 Å². The summed E-state index contributed by atoms with van der Waals surface area (Å²) in [6.07, 6.45) is 0. The molecule has 1 saturated heterocycles. The van der Waals surface area contributed by atoms with Crippen molar-refractivity contribution in [2.24, 2.45) is 0 Å². The van der Waals surface area contributed by atoms with Crippen LogP contribution >= 0.6 is 0 Å². The number of hydrogen-bond donors (Lipinski definition) is 1. The van der Waals surface area contributed by atoms with Gasteiger partial charge >= 0.3 is 0 Å². The zero-order valence-corrected chi connectivity index (χ0v) is 8.72. The lowest BCUT2D eigenvalue weighted by molar-refractivity contribution is 0.0336. The number of nitrogens with zero attached hydrogens (tertiary/aromatic N) is 2. The van der Waals surface area contributed by atoms with Crippen molar-refractivity contribution in [1.29, 1.82) is 0 Å². The van der Waals surface area contributed by atoms with E-state index in [-0.39, 0.29) is 6.61 Å². The second-order valence-corrected chi connectivity index (χ2v) is 3.67. The Labute approximate surface area is 89.5 Å². The fourth-order valence-corrected chi connectivity index (χ4v) is 1.69. The highest BCUT2D eigenvalue weighted by Gasteiger charge is 2.11. The Bertz CT molecular complexity index is 311. The van der Waals surface area contributed by atoms with Crippen LogP contribution < -0.4 is 0 Å². The quantitative estimate of drug-likeness (QED) is 0.781. The van der Waals surface area contributed by atoms with E-state index in [1.54, 1.807) is 0 Å². The predicted molar refractivity (Wildman–Crippen MR) is 56.3 cm³/mol. The lowest BCUT2D eigenvalue weighted by Crippen LogP contribution is -2.35. The molecule has 0 aliphatic carbocycles. The highest BCUT2D eigenvalue weighted by molar-refractivity contribution is 5.10. The molecule has 0 bridgehead atoms. The molecule has 2 rings (SSSR count). The number of morpholine rings is 1. The van der Waals surface area contributed by atoms with Crippen LogP contribution in [0.5, 0.6) is 0 Å². The summed E-state index contributed by atoms with van der Waals surface area (Å²) in [4.78, 5) is 6.67. The van der Waals surface area contributed by atoms with E-state index < -0.39 is 0 Å². The van der Waals surface area contributed by atoms with Crippen LogP contribution in [0.3, 0.4) is 0 Å². The van der Waals surface area contributed by atoms with Crippen LogP contribution in [0, 0.1) is 0 Å². The fourth-order valence-electron chi connectivity index (χ4n) is 1.69. The number of aliphatic hydroxyl groups is 1. The Morgan fingerprint density at radius 2 is 2.00 bits per heavy atom. The Kier molecular flexibility index (Phi) is 3.66. The number of aliphatic hydroxyl groups excluding tert-OH is 1. The lowest BCUT2D eigenvalue weighted by Gasteiger charge is -2.26. The topological polar surface area (TPSA) is 45.6 Å². The molecule has 0 radical (unpaired) electrons. The second kappa shape index (κ2) is 5.21. The van der Waals surface area contributed by atoms with Gasteiger partial charge in [-0.15, -0.1) is 0 Å². The summed E-state index contributed by atoms with van der Waals surface area (Å²) in [6.45, 7) is 4.39. The molecule has 2 heterocycles. The summed E-state index contributed by atoms with van der Waals surface area (Å²) < 4.78 is 5.28. The largest absolute Gasteiger partial charge is 0.390 e. The number of aromatic nitrogens is 1. The van der Waals surface area contributed by atoms with Gasteiger partial charge in [-0.05, 0) is 12.1 Å². The maximum absolute atomic E-state index is 8.97. The first-order chi connectivity index (χ1) is 7.38. The SMILES string of the molecule is OCc1cccc(CN2CCOCC2)n1. The zero-order chi connectivity index (χ0) is 10.5. The van der Waals surface area contributed by atoms with Crippen LogP contribution in [0.4, 0.5) is 0 Å².